The largest absolute Gasteiger partial charge is 0.394 e. The van der Waals surface area contributed by atoms with E-state index in [9.17, 15) is 15.2 Å². The predicted molar refractivity (Wildman–Crippen MR) is 106 cm³/mol. The Hall–Kier alpha value is -2.97. The number of carbonyl (C=O) groups is 1. The van der Waals surface area contributed by atoms with Crippen LogP contribution in [0.4, 0.5) is 0 Å². The van der Waals surface area contributed by atoms with E-state index in [1.54, 1.807) is 29.4 Å². The highest BCUT2D eigenvalue weighted by Crippen LogP contribution is 2.41. The molecular formula is C23H23N3O2. The van der Waals surface area contributed by atoms with E-state index in [0.29, 0.717) is 0 Å². The lowest BCUT2D eigenvalue weighted by atomic mass is 9.75. The lowest BCUT2D eigenvalue weighted by molar-refractivity contribution is -0.146. The molecule has 0 radical (unpaired) electrons. The molecule has 5 nitrogen and oxygen atoms in total. The van der Waals surface area contributed by atoms with Crippen LogP contribution in [0.1, 0.15) is 41.9 Å². The molecule has 1 fully saturated rings. The van der Waals surface area contributed by atoms with Crippen molar-refractivity contribution in [3.63, 3.8) is 0 Å². The molecule has 0 bridgehead atoms. The summed E-state index contributed by atoms with van der Waals surface area (Å²) in [4.78, 5) is 18.3. The van der Waals surface area contributed by atoms with Crippen molar-refractivity contribution in [2.45, 2.75) is 43.7 Å². The van der Waals surface area contributed by atoms with Gasteiger partial charge >= 0.3 is 0 Å². The molecule has 0 unspecified atom stereocenters. The average Bonchev–Trinajstić information content (AvgIpc) is 3.24. The van der Waals surface area contributed by atoms with E-state index in [2.05, 4.69) is 29.3 Å². The maximum absolute atomic E-state index is 12.8. The van der Waals surface area contributed by atoms with Gasteiger partial charge in [-0.15, -0.1) is 0 Å². The number of nitrogens with zero attached hydrogens (tertiary/aromatic N) is 3. The number of benzene rings is 1. The van der Waals surface area contributed by atoms with Gasteiger partial charge in [0.15, 0.2) is 0 Å². The summed E-state index contributed by atoms with van der Waals surface area (Å²) in [6.45, 7) is -0.155. The standard InChI is InChI=1S/C23H23N3O2/c24-14-20-23(19-7-5-18(6-8-19)17-3-1-2-4-17)21(15-27)26(20)22(28)13-16-9-11-25-12-10-16/h3,5-12,20-21,23,27H,1-2,4,13,15H2/t20-,21-,23+/m1/s1. The van der Waals surface area contributed by atoms with Gasteiger partial charge in [-0.05, 0) is 53.7 Å². The summed E-state index contributed by atoms with van der Waals surface area (Å²) in [5, 5.41) is 19.6. The van der Waals surface area contributed by atoms with Gasteiger partial charge in [-0.3, -0.25) is 9.78 Å². The minimum atomic E-state index is -0.553. The van der Waals surface area contributed by atoms with Crippen molar-refractivity contribution in [3.05, 3.63) is 71.6 Å². The van der Waals surface area contributed by atoms with Gasteiger partial charge in [0, 0.05) is 18.3 Å². The van der Waals surface area contributed by atoms with Crippen molar-refractivity contribution >= 4 is 11.5 Å². The number of rotatable bonds is 5. The van der Waals surface area contributed by atoms with Gasteiger partial charge in [-0.2, -0.15) is 5.26 Å². The molecule has 28 heavy (non-hydrogen) atoms. The molecule has 2 aliphatic rings. The lowest BCUT2D eigenvalue weighted by Crippen LogP contribution is -2.65. The second-order valence-electron chi connectivity index (χ2n) is 7.43. The Bertz CT molecular complexity index is 915. The monoisotopic (exact) mass is 373 g/mol. The molecular weight excluding hydrogens is 350 g/mol. The van der Waals surface area contributed by atoms with Gasteiger partial charge in [-0.1, -0.05) is 30.3 Å². The zero-order valence-corrected chi connectivity index (χ0v) is 15.7. The number of hydrogen-bond acceptors (Lipinski definition) is 4. The van der Waals surface area contributed by atoms with Gasteiger partial charge in [0.05, 0.1) is 25.1 Å². The van der Waals surface area contributed by atoms with Crippen LogP contribution in [0, 0.1) is 11.3 Å². The van der Waals surface area contributed by atoms with E-state index >= 15 is 0 Å². The Kier molecular flexibility index (Phi) is 5.23. The fraction of sp³-hybridized carbons (Fsp3) is 0.348. The summed E-state index contributed by atoms with van der Waals surface area (Å²) >= 11 is 0. The fourth-order valence-electron chi connectivity index (χ4n) is 4.37. The third-order valence-corrected chi connectivity index (χ3v) is 5.83. The predicted octanol–water partition coefficient (Wildman–Crippen LogP) is 3.07. The van der Waals surface area contributed by atoms with E-state index in [4.69, 9.17) is 0 Å². The molecule has 3 atom stereocenters. The van der Waals surface area contributed by atoms with Crippen molar-refractivity contribution in [2.24, 2.45) is 0 Å². The summed E-state index contributed by atoms with van der Waals surface area (Å²) in [6.07, 6.45) is 9.24. The molecule has 0 spiro atoms. The van der Waals surface area contributed by atoms with Crippen LogP contribution < -0.4 is 0 Å². The minimum Gasteiger partial charge on any atom is -0.394 e. The Morgan fingerprint density at radius 2 is 1.96 bits per heavy atom. The molecule has 2 heterocycles. The maximum atomic E-state index is 12.8. The Morgan fingerprint density at radius 1 is 1.21 bits per heavy atom. The van der Waals surface area contributed by atoms with Gasteiger partial charge < -0.3 is 10.0 Å². The van der Waals surface area contributed by atoms with E-state index in [1.807, 2.05) is 12.1 Å². The van der Waals surface area contributed by atoms with Gasteiger partial charge in [0.1, 0.15) is 6.04 Å². The smallest absolute Gasteiger partial charge is 0.228 e. The summed E-state index contributed by atoms with van der Waals surface area (Å²) in [6, 6.07) is 13.2. The Morgan fingerprint density at radius 3 is 2.57 bits per heavy atom. The number of pyridine rings is 1. The highest BCUT2D eigenvalue weighted by Gasteiger charge is 2.51. The van der Waals surface area contributed by atoms with Crippen LogP contribution in [0.2, 0.25) is 0 Å². The van der Waals surface area contributed by atoms with E-state index in [-0.39, 0.29) is 30.9 Å². The number of nitriles is 1. The zero-order chi connectivity index (χ0) is 19.5. The van der Waals surface area contributed by atoms with Crippen LogP contribution in [0.25, 0.3) is 5.57 Å². The summed E-state index contributed by atoms with van der Waals surface area (Å²) < 4.78 is 0. The number of aromatic nitrogens is 1. The van der Waals surface area contributed by atoms with E-state index < -0.39 is 6.04 Å². The molecule has 1 saturated heterocycles. The normalized spacial score (nSPS) is 23.6. The number of carbonyl (C=O) groups excluding carboxylic acids is 1. The molecule has 5 heteroatoms. The van der Waals surface area contributed by atoms with E-state index in [0.717, 1.165) is 24.0 Å². The van der Waals surface area contributed by atoms with Crippen LogP contribution in [0.15, 0.2) is 54.9 Å². The number of hydrogen-bond donors (Lipinski definition) is 1. The average molecular weight is 373 g/mol. The first-order valence-corrected chi connectivity index (χ1v) is 9.73. The summed E-state index contributed by atoms with van der Waals surface area (Å²) in [7, 11) is 0. The summed E-state index contributed by atoms with van der Waals surface area (Å²) in [5.74, 6) is -0.302. The Balaban J connectivity index is 1.52. The number of aliphatic hydroxyl groups excluding tert-OH is 1. The van der Waals surface area contributed by atoms with Crippen LogP contribution in [-0.2, 0) is 11.2 Å². The molecule has 1 aromatic carbocycles. The van der Waals surface area contributed by atoms with Crippen molar-refractivity contribution in [1.29, 1.82) is 5.26 Å². The van der Waals surface area contributed by atoms with Crippen molar-refractivity contribution < 1.29 is 9.90 Å². The second-order valence-corrected chi connectivity index (χ2v) is 7.43. The number of amides is 1. The first-order valence-electron chi connectivity index (χ1n) is 9.73. The van der Waals surface area contributed by atoms with Crippen LogP contribution in [-0.4, -0.2) is 39.6 Å². The van der Waals surface area contributed by atoms with Crippen molar-refractivity contribution in [3.8, 4) is 6.07 Å². The van der Waals surface area contributed by atoms with Crippen LogP contribution in [0.5, 0.6) is 0 Å². The van der Waals surface area contributed by atoms with Gasteiger partial charge in [-0.25, -0.2) is 0 Å². The highest BCUT2D eigenvalue weighted by molar-refractivity contribution is 5.81. The summed E-state index contributed by atoms with van der Waals surface area (Å²) in [5.41, 5.74) is 4.46. The van der Waals surface area contributed by atoms with Crippen LogP contribution in [0.3, 0.4) is 0 Å². The first-order chi connectivity index (χ1) is 13.7. The maximum Gasteiger partial charge on any atom is 0.228 e. The molecule has 142 valence electrons. The molecule has 1 N–H and O–H groups in total. The molecule has 1 aliphatic carbocycles. The van der Waals surface area contributed by atoms with E-state index in [1.165, 1.54) is 17.6 Å². The molecule has 1 aromatic heterocycles. The lowest BCUT2D eigenvalue weighted by Gasteiger charge is -2.51. The third-order valence-electron chi connectivity index (χ3n) is 5.83. The quantitative estimate of drug-likeness (QED) is 0.874. The van der Waals surface area contributed by atoms with Crippen LogP contribution >= 0.6 is 0 Å². The zero-order valence-electron chi connectivity index (χ0n) is 15.7. The van der Waals surface area contributed by atoms with Gasteiger partial charge in [0.25, 0.3) is 0 Å². The first kappa shape index (κ1) is 18.4. The van der Waals surface area contributed by atoms with Crippen molar-refractivity contribution in [2.75, 3.05) is 6.61 Å². The molecule has 0 saturated carbocycles. The van der Waals surface area contributed by atoms with Crippen molar-refractivity contribution in [1.82, 2.24) is 9.88 Å². The minimum absolute atomic E-state index is 0.138. The Labute approximate surface area is 164 Å². The highest BCUT2D eigenvalue weighted by atomic mass is 16.3. The third kappa shape index (κ3) is 3.32. The number of aliphatic hydroxyl groups is 1. The molecule has 4 rings (SSSR count). The fourth-order valence-corrected chi connectivity index (χ4v) is 4.37. The second kappa shape index (κ2) is 7.95. The molecule has 1 aliphatic heterocycles. The topological polar surface area (TPSA) is 77.2 Å². The molecule has 2 aromatic rings. The number of allylic oxidation sites excluding steroid dienone is 2. The SMILES string of the molecule is N#C[C@@H]1[C@H](c2ccc(C3=CCCC3)cc2)[C@@H](CO)N1C(=O)Cc1ccncc1. The molecule has 1 amide bonds. The number of likely N-dealkylation sites (tertiary alicyclic amines) is 1. The van der Waals surface area contributed by atoms with Gasteiger partial charge in [0.2, 0.25) is 5.91 Å².